The van der Waals surface area contributed by atoms with E-state index in [-0.39, 0.29) is 0 Å². The van der Waals surface area contributed by atoms with Gasteiger partial charge in [-0.3, -0.25) is 0 Å². The Labute approximate surface area is 105 Å². The maximum absolute atomic E-state index is 3.34. The highest BCUT2D eigenvalue weighted by Crippen LogP contribution is 2.25. The number of benzene rings is 1. The van der Waals surface area contributed by atoms with Crippen LogP contribution in [0.1, 0.15) is 30.9 Å². The number of nitrogens with zero attached hydrogens (tertiary/aromatic N) is 1. The fraction of sp³-hybridized carbons (Fsp3) is 0.600. The minimum atomic E-state index is 0.605. The molecule has 1 aliphatic rings. The molecular formula is C15H24N2. The van der Waals surface area contributed by atoms with Gasteiger partial charge in [0.15, 0.2) is 0 Å². The minimum Gasteiger partial charge on any atom is -0.374 e. The molecule has 0 spiro atoms. The monoisotopic (exact) mass is 232 g/mol. The van der Waals surface area contributed by atoms with E-state index < -0.39 is 0 Å². The molecule has 17 heavy (non-hydrogen) atoms. The lowest BCUT2D eigenvalue weighted by molar-refractivity contribution is 0.353. The second-order valence-electron chi connectivity index (χ2n) is 5.61. The summed E-state index contributed by atoms with van der Waals surface area (Å²) in [7, 11) is 2.21. The van der Waals surface area contributed by atoms with Crippen molar-refractivity contribution in [2.24, 2.45) is 5.92 Å². The fourth-order valence-electron chi connectivity index (χ4n) is 2.36. The summed E-state index contributed by atoms with van der Waals surface area (Å²) >= 11 is 0. The summed E-state index contributed by atoms with van der Waals surface area (Å²) in [5.74, 6) is 1.43. The van der Waals surface area contributed by atoms with Crippen molar-refractivity contribution in [3.05, 3.63) is 29.3 Å². The van der Waals surface area contributed by atoms with E-state index in [2.05, 4.69) is 56.2 Å². The van der Waals surface area contributed by atoms with E-state index in [0.29, 0.717) is 5.92 Å². The van der Waals surface area contributed by atoms with Crippen molar-refractivity contribution < 1.29 is 0 Å². The number of hydrogen-bond donors (Lipinski definition) is 1. The minimum absolute atomic E-state index is 0.605. The highest BCUT2D eigenvalue weighted by molar-refractivity contribution is 5.55. The standard InChI is InChI=1S/C15H24N2/c1-11(2)14-6-5-12(3)15(7-14)17(4)10-13-8-16-9-13/h5-7,11,13,16H,8-10H2,1-4H3. The van der Waals surface area contributed by atoms with Crippen LogP contribution >= 0.6 is 0 Å². The van der Waals surface area contributed by atoms with Gasteiger partial charge in [-0.1, -0.05) is 26.0 Å². The molecule has 0 aliphatic carbocycles. The molecule has 0 aromatic heterocycles. The lowest BCUT2D eigenvalue weighted by Crippen LogP contribution is -2.47. The van der Waals surface area contributed by atoms with E-state index in [0.717, 1.165) is 12.5 Å². The van der Waals surface area contributed by atoms with E-state index >= 15 is 0 Å². The van der Waals surface area contributed by atoms with Gasteiger partial charge in [0.1, 0.15) is 0 Å². The molecule has 0 unspecified atom stereocenters. The molecule has 0 atom stereocenters. The summed E-state index contributed by atoms with van der Waals surface area (Å²) in [5, 5.41) is 3.34. The smallest absolute Gasteiger partial charge is 0.0396 e. The van der Waals surface area contributed by atoms with Gasteiger partial charge in [-0.25, -0.2) is 0 Å². The first kappa shape index (κ1) is 12.4. The predicted octanol–water partition coefficient (Wildman–Crippen LogP) is 2.77. The number of nitrogens with one attached hydrogen (secondary N) is 1. The van der Waals surface area contributed by atoms with Gasteiger partial charge < -0.3 is 10.2 Å². The third-order valence-electron chi connectivity index (χ3n) is 3.71. The van der Waals surface area contributed by atoms with Crippen LogP contribution in [0, 0.1) is 12.8 Å². The molecule has 1 aromatic carbocycles. The van der Waals surface area contributed by atoms with Gasteiger partial charge in [0.2, 0.25) is 0 Å². The molecule has 1 heterocycles. The average molecular weight is 232 g/mol. The van der Waals surface area contributed by atoms with Crippen LogP contribution in [0.2, 0.25) is 0 Å². The van der Waals surface area contributed by atoms with Gasteiger partial charge in [-0.15, -0.1) is 0 Å². The molecule has 1 saturated heterocycles. The molecule has 1 aromatic rings. The number of aryl methyl sites for hydroxylation is 1. The van der Waals surface area contributed by atoms with E-state index in [1.54, 1.807) is 0 Å². The molecule has 1 N–H and O–H groups in total. The predicted molar refractivity (Wildman–Crippen MR) is 74.9 cm³/mol. The third-order valence-corrected chi connectivity index (χ3v) is 3.71. The zero-order valence-corrected chi connectivity index (χ0v) is 11.5. The molecule has 2 nitrogen and oxygen atoms in total. The molecule has 1 aliphatic heterocycles. The molecule has 0 saturated carbocycles. The number of hydrogen-bond acceptors (Lipinski definition) is 2. The van der Waals surface area contributed by atoms with Crippen LogP contribution in [-0.4, -0.2) is 26.7 Å². The maximum atomic E-state index is 3.34. The van der Waals surface area contributed by atoms with E-state index in [1.165, 1.54) is 29.9 Å². The quantitative estimate of drug-likeness (QED) is 0.858. The van der Waals surface area contributed by atoms with Crippen LogP contribution in [0.4, 0.5) is 5.69 Å². The zero-order chi connectivity index (χ0) is 12.4. The van der Waals surface area contributed by atoms with E-state index in [1.807, 2.05) is 0 Å². The fourth-order valence-corrected chi connectivity index (χ4v) is 2.36. The normalized spacial score (nSPS) is 16.1. The number of rotatable bonds is 4. The Morgan fingerprint density at radius 3 is 2.59 bits per heavy atom. The molecule has 0 radical (unpaired) electrons. The van der Waals surface area contributed by atoms with Crippen LogP contribution in [0.15, 0.2) is 18.2 Å². The second kappa shape index (κ2) is 5.09. The average Bonchev–Trinajstić information content (AvgIpc) is 2.23. The van der Waals surface area contributed by atoms with Crippen molar-refractivity contribution >= 4 is 5.69 Å². The van der Waals surface area contributed by atoms with Gasteiger partial charge in [0.05, 0.1) is 0 Å². The lowest BCUT2D eigenvalue weighted by atomic mass is 9.99. The first-order chi connectivity index (χ1) is 8.08. The SMILES string of the molecule is Cc1ccc(C(C)C)cc1N(C)CC1CNC1. The van der Waals surface area contributed by atoms with Crippen molar-refractivity contribution in [2.45, 2.75) is 26.7 Å². The van der Waals surface area contributed by atoms with Crippen molar-refractivity contribution in [3.8, 4) is 0 Å². The van der Waals surface area contributed by atoms with Gasteiger partial charge in [-0.05, 0) is 30.0 Å². The maximum Gasteiger partial charge on any atom is 0.0396 e. The van der Waals surface area contributed by atoms with Gasteiger partial charge in [0.25, 0.3) is 0 Å². The van der Waals surface area contributed by atoms with Gasteiger partial charge in [-0.2, -0.15) is 0 Å². The van der Waals surface area contributed by atoms with Crippen LogP contribution in [0.5, 0.6) is 0 Å². The molecule has 2 heteroatoms. The summed E-state index contributed by atoms with van der Waals surface area (Å²) in [6.07, 6.45) is 0. The Morgan fingerprint density at radius 2 is 2.06 bits per heavy atom. The Hall–Kier alpha value is -1.02. The molecule has 0 bridgehead atoms. The Morgan fingerprint density at radius 1 is 1.35 bits per heavy atom. The largest absolute Gasteiger partial charge is 0.374 e. The van der Waals surface area contributed by atoms with E-state index in [9.17, 15) is 0 Å². The van der Waals surface area contributed by atoms with Crippen LogP contribution < -0.4 is 10.2 Å². The van der Waals surface area contributed by atoms with Gasteiger partial charge in [0, 0.05) is 38.3 Å². The second-order valence-corrected chi connectivity index (χ2v) is 5.61. The van der Waals surface area contributed by atoms with Crippen molar-refractivity contribution in [2.75, 3.05) is 31.6 Å². The highest BCUT2D eigenvalue weighted by atomic mass is 15.1. The van der Waals surface area contributed by atoms with Crippen molar-refractivity contribution in [1.82, 2.24) is 5.32 Å². The van der Waals surface area contributed by atoms with Crippen LogP contribution in [0.25, 0.3) is 0 Å². The van der Waals surface area contributed by atoms with E-state index in [4.69, 9.17) is 0 Å². The topological polar surface area (TPSA) is 15.3 Å². The molecule has 94 valence electrons. The number of anilines is 1. The first-order valence-electron chi connectivity index (χ1n) is 6.60. The summed E-state index contributed by atoms with van der Waals surface area (Å²) in [6, 6.07) is 6.86. The Balaban J connectivity index is 2.14. The first-order valence-corrected chi connectivity index (χ1v) is 6.60. The molecule has 0 amide bonds. The summed E-state index contributed by atoms with van der Waals surface area (Å²) in [4.78, 5) is 2.41. The summed E-state index contributed by atoms with van der Waals surface area (Å²) in [5.41, 5.74) is 4.21. The lowest BCUT2D eigenvalue weighted by Gasteiger charge is -2.33. The summed E-state index contributed by atoms with van der Waals surface area (Å²) in [6.45, 7) is 10.2. The molecule has 2 rings (SSSR count). The zero-order valence-electron chi connectivity index (χ0n) is 11.5. The Bertz CT molecular complexity index is 381. The molecular weight excluding hydrogens is 208 g/mol. The van der Waals surface area contributed by atoms with Crippen LogP contribution in [0.3, 0.4) is 0 Å². The van der Waals surface area contributed by atoms with Gasteiger partial charge >= 0.3 is 0 Å². The van der Waals surface area contributed by atoms with Crippen molar-refractivity contribution in [3.63, 3.8) is 0 Å². The Kier molecular flexibility index (Phi) is 3.72. The van der Waals surface area contributed by atoms with Crippen molar-refractivity contribution in [1.29, 1.82) is 0 Å². The molecule has 1 fully saturated rings. The van der Waals surface area contributed by atoms with Crippen LogP contribution in [-0.2, 0) is 0 Å². The highest BCUT2D eigenvalue weighted by Gasteiger charge is 2.19. The third kappa shape index (κ3) is 2.81. The summed E-state index contributed by atoms with van der Waals surface area (Å²) < 4.78 is 0.